The van der Waals surface area contributed by atoms with Crippen LogP contribution in [0.1, 0.15) is 41.4 Å². The Morgan fingerprint density at radius 3 is 3.10 bits per heavy atom. The Morgan fingerprint density at radius 1 is 1.33 bits per heavy atom. The third kappa shape index (κ3) is 3.22. The molecule has 0 saturated heterocycles. The number of hydrogen-bond donors (Lipinski definition) is 2. The first kappa shape index (κ1) is 14.0. The molecule has 4 nitrogen and oxygen atoms in total. The summed E-state index contributed by atoms with van der Waals surface area (Å²) in [6.07, 6.45) is 7.69. The predicted octanol–water partition coefficient (Wildman–Crippen LogP) is 2.70. The Morgan fingerprint density at radius 2 is 2.24 bits per heavy atom. The lowest BCUT2D eigenvalue weighted by molar-refractivity contribution is 0.431. The SMILES string of the molecule is Cc1cncc(CCNC2CCCc3c(O)cccc32)n1. The molecule has 0 radical (unpaired) electrons. The number of aryl methyl sites for hydroxylation is 1. The zero-order valence-electron chi connectivity index (χ0n) is 12.3. The molecule has 110 valence electrons. The van der Waals surface area contributed by atoms with Gasteiger partial charge in [-0.1, -0.05) is 12.1 Å². The van der Waals surface area contributed by atoms with Gasteiger partial charge in [0.2, 0.25) is 0 Å². The summed E-state index contributed by atoms with van der Waals surface area (Å²) in [4.78, 5) is 8.65. The Balaban J connectivity index is 1.63. The normalized spacial score (nSPS) is 17.5. The first-order chi connectivity index (χ1) is 10.2. The van der Waals surface area contributed by atoms with Gasteiger partial charge in [-0.3, -0.25) is 9.97 Å². The number of rotatable bonds is 4. The maximum Gasteiger partial charge on any atom is 0.119 e. The molecule has 1 aromatic heterocycles. The second-order valence-corrected chi connectivity index (χ2v) is 5.65. The minimum absolute atomic E-state index is 0.332. The molecular weight excluding hydrogens is 262 g/mol. The summed E-state index contributed by atoms with van der Waals surface area (Å²) in [5.41, 5.74) is 4.34. The Labute approximate surface area is 125 Å². The van der Waals surface area contributed by atoms with E-state index in [1.807, 2.05) is 19.2 Å². The van der Waals surface area contributed by atoms with E-state index in [9.17, 15) is 5.11 Å². The highest BCUT2D eigenvalue weighted by atomic mass is 16.3. The van der Waals surface area contributed by atoms with Crippen molar-refractivity contribution in [3.63, 3.8) is 0 Å². The largest absolute Gasteiger partial charge is 0.508 e. The van der Waals surface area contributed by atoms with Gasteiger partial charge in [0.15, 0.2) is 0 Å². The summed E-state index contributed by atoms with van der Waals surface area (Å²) in [5.74, 6) is 0.434. The van der Waals surface area contributed by atoms with Crippen molar-refractivity contribution in [3.05, 3.63) is 53.1 Å². The third-order valence-electron chi connectivity index (χ3n) is 4.06. The lowest BCUT2D eigenvalue weighted by Gasteiger charge is -2.27. The summed E-state index contributed by atoms with van der Waals surface area (Å²) in [5, 5.41) is 13.6. The average Bonchev–Trinajstić information content (AvgIpc) is 2.48. The van der Waals surface area contributed by atoms with Gasteiger partial charge in [-0.25, -0.2) is 0 Å². The molecule has 21 heavy (non-hydrogen) atoms. The van der Waals surface area contributed by atoms with Crippen LogP contribution in [0.4, 0.5) is 0 Å². The van der Waals surface area contributed by atoms with Gasteiger partial charge in [0.05, 0.1) is 11.4 Å². The van der Waals surface area contributed by atoms with E-state index in [-0.39, 0.29) is 0 Å². The standard InChI is InChI=1S/C17H21N3O/c1-12-10-18-11-13(20-12)8-9-19-16-6-2-5-15-14(16)4-3-7-17(15)21/h3-4,7,10-11,16,19,21H,2,5-6,8-9H2,1H3. The average molecular weight is 283 g/mol. The van der Waals surface area contributed by atoms with Crippen LogP contribution in [0.3, 0.4) is 0 Å². The van der Waals surface area contributed by atoms with Crippen molar-refractivity contribution in [2.45, 2.75) is 38.6 Å². The van der Waals surface area contributed by atoms with Gasteiger partial charge in [-0.15, -0.1) is 0 Å². The molecule has 2 aromatic rings. The van der Waals surface area contributed by atoms with E-state index in [2.05, 4.69) is 21.4 Å². The fourth-order valence-electron chi connectivity index (χ4n) is 3.05. The van der Waals surface area contributed by atoms with Gasteiger partial charge >= 0.3 is 0 Å². The van der Waals surface area contributed by atoms with Crippen molar-refractivity contribution in [2.75, 3.05) is 6.54 Å². The summed E-state index contributed by atoms with van der Waals surface area (Å²) < 4.78 is 0. The van der Waals surface area contributed by atoms with E-state index in [1.165, 1.54) is 5.56 Å². The van der Waals surface area contributed by atoms with Gasteiger partial charge in [0.25, 0.3) is 0 Å². The number of phenolic OH excluding ortho intramolecular Hbond substituents is 1. The first-order valence-electron chi connectivity index (χ1n) is 7.55. The quantitative estimate of drug-likeness (QED) is 0.906. The van der Waals surface area contributed by atoms with Crippen LogP contribution in [0.25, 0.3) is 0 Å². The monoisotopic (exact) mass is 283 g/mol. The van der Waals surface area contributed by atoms with Crippen molar-refractivity contribution in [1.82, 2.24) is 15.3 Å². The number of aromatic hydroxyl groups is 1. The van der Waals surface area contributed by atoms with Crippen LogP contribution in [0, 0.1) is 6.92 Å². The molecule has 0 saturated carbocycles. The first-order valence-corrected chi connectivity index (χ1v) is 7.55. The smallest absolute Gasteiger partial charge is 0.119 e. The van der Waals surface area contributed by atoms with E-state index < -0.39 is 0 Å². The van der Waals surface area contributed by atoms with Crippen molar-refractivity contribution >= 4 is 0 Å². The van der Waals surface area contributed by atoms with Crippen LogP contribution < -0.4 is 5.32 Å². The highest BCUT2D eigenvalue weighted by molar-refractivity contribution is 5.42. The van der Waals surface area contributed by atoms with Crippen molar-refractivity contribution in [1.29, 1.82) is 0 Å². The molecule has 0 amide bonds. The number of phenols is 1. The number of benzene rings is 1. The Bertz CT molecular complexity index is 627. The molecule has 1 atom stereocenters. The highest BCUT2D eigenvalue weighted by Crippen LogP contribution is 2.34. The topological polar surface area (TPSA) is 58.0 Å². The van der Waals surface area contributed by atoms with Crippen LogP contribution in [-0.4, -0.2) is 21.6 Å². The predicted molar refractivity (Wildman–Crippen MR) is 82.3 cm³/mol. The minimum Gasteiger partial charge on any atom is -0.508 e. The number of aromatic nitrogens is 2. The second-order valence-electron chi connectivity index (χ2n) is 5.65. The minimum atomic E-state index is 0.332. The molecule has 1 aromatic carbocycles. The maximum atomic E-state index is 9.96. The highest BCUT2D eigenvalue weighted by Gasteiger charge is 2.21. The van der Waals surface area contributed by atoms with Crippen LogP contribution in [0.15, 0.2) is 30.6 Å². The maximum absolute atomic E-state index is 9.96. The molecule has 0 spiro atoms. The van der Waals surface area contributed by atoms with E-state index in [1.54, 1.807) is 12.3 Å². The van der Waals surface area contributed by atoms with Crippen molar-refractivity contribution < 1.29 is 5.11 Å². The molecule has 1 aliphatic rings. The number of nitrogens with one attached hydrogen (secondary N) is 1. The third-order valence-corrected chi connectivity index (χ3v) is 4.06. The molecule has 0 bridgehead atoms. The van der Waals surface area contributed by atoms with Crippen molar-refractivity contribution in [2.24, 2.45) is 0 Å². The fourth-order valence-corrected chi connectivity index (χ4v) is 3.05. The van der Waals surface area contributed by atoms with Gasteiger partial charge in [0, 0.05) is 31.4 Å². The van der Waals surface area contributed by atoms with E-state index >= 15 is 0 Å². The summed E-state index contributed by atoms with van der Waals surface area (Å²) in [7, 11) is 0. The molecule has 0 fully saturated rings. The zero-order chi connectivity index (χ0) is 14.7. The molecule has 2 N–H and O–H groups in total. The van der Waals surface area contributed by atoms with E-state index in [0.717, 1.165) is 49.2 Å². The van der Waals surface area contributed by atoms with E-state index in [0.29, 0.717) is 11.8 Å². The molecule has 1 unspecified atom stereocenters. The van der Waals surface area contributed by atoms with Crippen LogP contribution >= 0.6 is 0 Å². The Kier molecular flexibility index (Phi) is 4.15. The van der Waals surface area contributed by atoms with Crippen molar-refractivity contribution in [3.8, 4) is 5.75 Å². The molecule has 0 aliphatic heterocycles. The summed E-state index contributed by atoms with van der Waals surface area (Å²) >= 11 is 0. The molecular formula is C17H21N3O. The molecule has 1 heterocycles. The number of hydrogen-bond acceptors (Lipinski definition) is 4. The van der Waals surface area contributed by atoms with Gasteiger partial charge < -0.3 is 10.4 Å². The lowest BCUT2D eigenvalue weighted by Crippen LogP contribution is -2.27. The summed E-state index contributed by atoms with van der Waals surface area (Å²) in [6.45, 7) is 2.84. The second kappa shape index (κ2) is 6.22. The number of nitrogens with zero attached hydrogens (tertiary/aromatic N) is 2. The Hall–Kier alpha value is -1.94. The zero-order valence-corrected chi connectivity index (χ0v) is 12.3. The molecule has 1 aliphatic carbocycles. The number of fused-ring (bicyclic) bond motifs is 1. The van der Waals surface area contributed by atoms with Gasteiger partial charge in [-0.2, -0.15) is 0 Å². The van der Waals surface area contributed by atoms with Gasteiger partial charge in [0.1, 0.15) is 5.75 Å². The van der Waals surface area contributed by atoms with Gasteiger partial charge in [-0.05, 0) is 43.4 Å². The molecule has 3 rings (SSSR count). The molecule has 4 heteroatoms. The van der Waals surface area contributed by atoms with E-state index in [4.69, 9.17) is 0 Å². The summed E-state index contributed by atoms with van der Waals surface area (Å²) in [6, 6.07) is 6.17. The fraction of sp³-hybridized carbons (Fsp3) is 0.412. The van der Waals surface area contributed by atoms with Crippen LogP contribution in [0.5, 0.6) is 5.75 Å². The van der Waals surface area contributed by atoms with Crippen LogP contribution in [0.2, 0.25) is 0 Å². The lowest BCUT2D eigenvalue weighted by atomic mass is 9.87. The van der Waals surface area contributed by atoms with Crippen LogP contribution in [-0.2, 0) is 12.8 Å².